The highest BCUT2D eigenvalue weighted by Crippen LogP contribution is 2.27. The van der Waals surface area contributed by atoms with E-state index in [4.69, 9.17) is 16.3 Å². The molecule has 0 aliphatic carbocycles. The third kappa shape index (κ3) is 4.44. The number of thioether (sulfide) groups is 1. The molecule has 2 rings (SSSR count). The summed E-state index contributed by atoms with van der Waals surface area (Å²) >= 11 is 7.52. The van der Waals surface area contributed by atoms with Crippen LogP contribution < -0.4 is 4.74 Å². The van der Waals surface area contributed by atoms with Gasteiger partial charge >= 0.3 is 0 Å². The highest BCUT2D eigenvalue weighted by atomic mass is 35.5. The van der Waals surface area contributed by atoms with Crippen LogP contribution in [-0.2, 0) is 0 Å². The Hall–Kier alpha value is -1.16. The SMILES string of the molecule is CCOc1cccc(C(O)CSc2cccc(Cl)c2)c1. The molecule has 4 heteroatoms. The molecule has 0 amide bonds. The Morgan fingerprint density at radius 1 is 1.20 bits per heavy atom. The van der Waals surface area contributed by atoms with Crippen molar-refractivity contribution in [2.75, 3.05) is 12.4 Å². The van der Waals surface area contributed by atoms with Gasteiger partial charge in [0.05, 0.1) is 12.7 Å². The van der Waals surface area contributed by atoms with Crippen molar-refractivity contribution in [3.8, 4) is 5.75 Å². The van der Waals surface area contributed by atoms with E-state index in [0.717, 1.165) is 16.2 Å². The molecule has 0 aliphatic heterocycles. The molecule has 0 saturated heterocycles. The summed E-state index contributed by atoms with van der Waals surface area (Å²) in [6, 6.07) is 15.2. The fourth-order valence-corrected chi connectivity index (χ4v) is 2.99. The van der Waals surface area contributed by atoms with Gasteiger partial charge in [0, 0.05) is 15.7 Å². The smallest absolute Gasteiger partial charge is 0.119 e. The Kier molecular flexibility index (Phi) is 5.77. The molecule has 0 bridgehead atoms. The quantitative estimate of drug-likeness (QED) is 0.793. The van der Waals surface area contributed by atoms with Gasteiger partial charge < -0.3 is 9.84 Å². The summed E-state index contributed by atoms with van der Waals surface area (Å²) in [5.41, 5.74) is 0.866. The van der Waals surface area contributed by atoms with Crippen LogP contribution in [0.1, 0.15) is 18.6 Å². The van der Waals surface area contributed by atoms with Crippen LogP contribution in [0.25, 0.3) is 0 Å². The highest BCUT2D eigenvalue weighted by Gasteiger charge is 2.09. The van der Waals surface area contributed by atoms with Crippen molar-refractivity contribution in [1.82, 2.24) is 0 Å². The van der Waals surface area contributed by atoms with E-state index >= 15 is 0 Å². The van der Waals surface area contributed by atoms with E-state index in [9.17, 15) is 5.11 Å². The Morgan fingerprint density at radius 2 is 2.00 bits per heavy atom. The van der Waals surface area contributed by atoms with Crippen LogP contribution in [0.5, 0.6) is 5.75 Å². The van der Waals surface area contributed by atoms with Crippen molar-refractivity contribution in [2.24, 2.45) is 0 Å². The fourth-order valence-electron chi connectivity index (χ4n) is 1.81. The molecule has 0 aromatic heterocycles. The second-order valence-corrected chi connectivity index (χ2v) is 5.82. The van der Waals surface area contributed by atoms with E-state index in [1.54, 1.807) is 11.8 Å². The molecule has 2 aromatic carbocycles. The molecular formula is C16H17ClO2S. The molecular weight excluding hydrogens is 292 g/mol. The van der Waals surface area contributed by atoms with Crippen LogP contribution in [0.4, 0.5) is 0 Å². The van der Waals surface area contributed by atoms with Crippen molar-refractivity contribution in [3.05, 3.63) is 59.1 Å². The Labute approximate surface area is 128 Å². The first-order chi connectivity index (χ1) is 9.69. The molecule has 0 radical (unpaired) electrons. The molecule has 2 aromatic rings. The van der Waals surface area contributed by atoms with E-state index in [0.29, 0.717) is 17.4 Å². The molecule has 106 valence electrons. The van der Waals surface area contributed by atoms with E-state index < -0.39 is 6.10 Å². The molecule has 0 fully saturated rings. The summed E-state index contributed by atoms with van der Waals surface area (Å²) in [5, 5.41) is 10.9. The van der Waals surface area contributed by atoms with Crippen LogP contribution in [0, 0.1) is 0 Å². The Morgan fingerprint density at radius 3 is 2.75 bits per heavy atom. The van der Waals surface area contributed by atoms with Gasteiger partial charge in [-0.2, -0.15) is 0 Å². The Bertz CT molecular complexity index is 560. The van der Waals surface area contributed by atoms with E-state index in [-0.39, 0.29) is 0 Å². The van der Waals surface area contributed by atoms with Crippen LogP contribution in [0.15, 0.2) is 53.4 Å². The zero-order chi connectivity index (χ0) is 14.4. The summed E-state index contributed by atoms with van der Waals surface area (Å²) in [6.07, 6.45) is -0.528. The molecule has 20 heavy (non-hydrogen) atoms. The van der Waals surface area contributed by atoms with Crippen molar-refractivity contribution in [3.63, 3.8) is 0 Å². The normalized spacial score (nSPS) is 12.2. The minimum Gasteiger partial charge on any atom is -0.494 e. The number of benzene rings is 2. The van der Waals surface area contributed by atoms with Gasteiger partial charge in [0.2, 0.25) is 0 Å². The first kappa shape index (κ1) is 15.2. The van der Waals surface area contributed by atoms with Crippen LogP contribution in [-0.4, -0.2) is 17.5 Å². The number of ether oxygens (including phenoxy) is 1. The maximum atomic E-state index is 10.2. The second-order valence-electron chi connectivity index (χ2n) is 4.29. The van der Waals surface area contributed by atoms with Gasteiger partial charge in [-0.25, -0.2) is 0 Å². The molecule has 0 spiro atoms. The summed E-state index contributed by atoms with van der Waals surface area (Å²) in [7, 11) is 0. The monoisotopic (exact) mass is 308 g/mol. The lowest BCUT2D eigenvalue weighted by Crippen LogP contribution is -2.01. The van der Waals surface area contributed by atoms with Gasteiger partial charge in [-0.05, 0) is 42.8 Å². The molecule has 2 nitrogen and oxygen atoms in total. The lowest BCUT2D eigenvalue weighted by molar-refractivity contribution is 0.203. The molecule has 1 unspecified atom stereocenters. The number of hydrogen-bond donors (Lipinski definition) is 1. The molecule has 0 saturated carbocycles. The summed E-state index contributed by atoms with van der Waals surface area (Å²) in [6.45, 7) is 2.56. The third-order valence-electron chi connectivity index (χ3n) is 2.76. The number of rotatable bonds is 6. The van der Waals surface area contributed by atoms with Crippen LogP contribution in [0.2, 0.25) is 5.02 Å². The molecule has 0 heterocycles. The third-order valence-corrected chi connectivity index (χ3v) is 4.06. The predicted octanol–water partition coefficient (Wildman–Crippen LogP) is 4.56. The zero-order valence-electron chi connectivity index (χ0n) is 11.3. The van der Waals surface area contributed by atoms with Gasteiger partial charge in [-0.15, -0.1) is 11.8 Å². The van der Waals surface area contributed by atoms with Crippen molar-refractivity contribution in [2.45, 2.75) is 17.9 Å². The number of hydrogen-bond acceptors (Lipinski definition) is 3. The topological polar surface area (TPSA) is 29.5 Å². The fraction of sp³-hybridized carbons (Fsp3) is 0.250. The second kappa shape index (κ2) is 7.58. The lowest BCUT2D eigenvalue weighted by atomic mass is 10.1. The summed E-state index contributed by atoms with van der Waals surface area (Å²) in [4.78, 5) is 1.05. The molecule has 0 aliphatic rings. The lowest BCUT2D eigenvalue weighted by Gasteiger charge is -2.12. The molecule has 1 N–H and O–H groups in total. The van der Waals surface area contributed by atoms with Gasteiger partial charge in [-0.3, -0.25) is 0 Å². The van der Waals surface area contributed by atoms with Crippen LogP contribution >= 0.6 is 23.4 Å². The van der Waals surface area contributed by atoms with Crippen molar-refractivity contribution in [1.29, 1.82) is 0 Å². The van der Waals surface area contributed by atoms with Crippen LogP contribution in [0.3, 0.4) is 0 Å². The summed E-state index contributed by atoms with van der Waals surface area (Å²) in [5.74, 6) is 1.37. The first-order valence-corrected chi connectivity index (χ1v) is 7.84. The zero-order valence-corrected chi connectivity index (χ0v) is 12.8. The highest BCUT2D eigenvalue weighted by molar-refractivity contribution is 7.99. The minimum absolute atomic E-state index is 0.528. The Balaban J connectivity index is 1.97. The van der Waals surface area contributed by atoms with E-state index in [2.05, 4.69) is 0 Å². The van der Waals surface area contributed by atoms with Gasteiger partial charge in [0.25, 0.3) is 0 Å². The number of aliphatic hydroxyl groups is 1. The maximum Gasteiger partial charge on any atom is 0.119 e. The van der Waals surface area contributed by atoms with E-state index in [1.165, 1.54) is 0 Å². The average molecular weight is 309 g/mol. The minimum atomic E-state index is -0.528. The van der Waals surface area contributed by atoms with E-state index in [1.807, 2.05) is 55.5 Å². The van der Waals surface area contributed by atoms with Gasteiger partial charge in [0.1, 0.15) is 5.75 Å². The van der Waals surface area contributed by atoms with Crippen molar-refractivity contribution >= 4 is 23.4 Å². The van der Waals surface area contributed by atoms with Crippen molar-refractivity contribution < 1.29 is 9.84 Å². The molecule has 1 atom stereocenters. The standard InChI is InChI=1S/C16H17ClO2S/c1-2-19-14-7-3-5-12(9-14)16(18)11-20-15-8-4-6-13(17)10-15/h3-10,16,18H,2,11H2,1H3. The van der Waals surface area contributed by atoms with Gasteiger partial charge in [-0.1, -0.05) is 29.8 Å². The maximum absolute atomic E-state index is 10.2. The number of halogens is 1. The number of aliphatic hydroxyl groups excluding tert-OH is 1. The van der Waals surface area contributed by atoms with Gasteiger partial charge in [0.15, 0.2) is 0 Å². The average Bonchev–Trinajstić information content (AvgIpc) is 2.45. The summed E-state index contributed by atoms with van der Waals surface area (Å²) < 4.78 is 5.44. The largest absolute Gasteiger partial charge is 0.494 e. The predicted molar refractivity (Wildman–Crippen MR) is 84.7 cm³/mol. The first-order valence-electron chi connectivity index (χ1n) is 6.48.